The van der Waals surface area contributed by atoms with Crippen molar-refractivity contribution in [1.29, 1.82) is 0 Å². The molecule has 0 amide bonds. The van der Waals surface area contributed by atoms with E-state index >= 15 is 0 Å². The van der Waals surface area contributed by atoms with Gasteiger partial charge in [0.25, 0.3) is 0 Å². The largest absolute Gasteiger partial charge is 0.478 e. The van der Waals surface area contributed by atoms with Gasteiger partial charge in [0.05, 0.1) is 13.2 Å². The molecule has 2 rings (SSSR count). The Bertz CT molecular complexity index is 453. The van der Waals surface area contributed by atoms with Crippen LogP contribution in [0, 0.1) is 0 Å². The van der Waals surface area contributed by atoms with Gasteiger partial charge in [-0.1, -0.05) is 6.92 Å². The van der Waals surface area contributed by atoms with Crippen LogP contribution in [0.5, 0.6) is 5.88 Å². The SMILES string of the molecule is CCCOc1ccnc(N2CCCC2C(=O)OCC)n1. The van der Waals surface area contributed by atoms with E-state index in [1.807, 2.05) is 18.7 Å². The van der Waals surface area contributed by atoms with Crippen molar-refractivity contribution in [3.05, 3.63) is 12.3 Å². The van der Waals surface area contributed by atoms with Gasteiger partial charge in [0, 0.05) is 18.8 Å². The maximum absolute atomic E-state index is 11.9. The van der Waals surface area contributed by atoms with Gasteiger partial charge >= 0.3 is 5.97 Å². The van der Waals surface area contributed by atoms with Gasteiger partial charge in [0.1, 0.15) is 6.04 Å². The first-order valence-corrected chi connectivity index (χ1v) is 7.15. The standard InChI is InChI=1S/C14H21N3O3/c1-3-10-20-12-7-8-15-14(16-12)17-9-5-6-11(17)13(18)19-4-2/h7-8,11H,3-6,9-10H2,1-2H3. The van der Waals surface area contributed by atoms with Crippen LogP contribution >= 0.6 is 0 Å². The molecule has 110 valence electrons. The molecule has 0 aliphatic carbocycles. The summed E-state index contributed by atoms with van der Waals surface area (Å²) < 4.78 is 10.6. The second kappa shape index (κ2) is 7.07. The molecule has 0 N–H and O–H groups in total. The van der Waals surface area contributed by atoms with Crippen molar-refractivity contribution < 1.29 is 14.3 Å². The molecule has 0 bridgehead atoms. The summed E-state index contributed by atoms with van der Waals surface area (Å²) in [5, 5.41) is 0. The monoisotopic (exact) mass is 279 g/mol. The molecule has 1 aromatic rings. The molecule has 1 atom stereocenters. The van der Waals surface area contributed by atoms with E-state index in [1.54, 1.807) is 12.3 Å². The van der Waals surface area contributed by atoms with Gasteiger partial charge in [-0.2, -0.15) is 4.98 Å². The summed E-state index contributed by atoms with van der Waals surface area (Å²) in [6, 6.07) is 1.45. The molecule has 0 radical (unpaired) electrons. The summed E-state index contributed by atoms with van der Waals surface area (Å²) in [7, 11) is 0. The molecule has 1 saturated heterocycles. The minimum Gasteiger partial charge on any atom is -0.478 e. The smallest absolute Gasteiger partial charge is 0.328 e. The van der Waals surface area contributed by atoms with Gasteiger partial charge in [-0.25, -0.2) is 9.78 Å². The highest BCUT2D eigenvalue weighted by Crippen LogP contribution is 2.24. The summed E-state index contributed by atoms with van der Waals surface area (Å²) >= 11 is 0. The number of carbonyl (C=O) groups excluding carboxylic acids is 1. The maximum atomic E-state index is 11.9. The fourth-order valence-corrected chi connectivity index (χ4v) is 2.25. The van der Waals surface area contributed by atoms with E-state index in [1.165, 1.54) is 0 Å². The zero-order valence-electron chi connectivity index (χ0n) is 12.0. The highest BCUT2D eigenvalue weighted by atomic mass is 16.5. The molecule has 2 heterocycles. The average molecular weight is 279 g/mol. The van der Waals surface area contributed by atoms with Crippen molar-refractivity contribution in [2.45, 2.75) is 39.2 Å². The van der Waals surface area contributed by atoms with Crippen molar-refractivity contribution >= 4 is 11.9 Å². The Labute approximate surface area is 119 Å². The summed E-state index contributed by atoms with van der Waals surface area (Å²) in [4.78, 5) is 22.5. The van der Waals surface area contributed by atoms with E-state index in [0.717, 1.165) is 25.8 Å². The number of hydrogen-bond donors (Lipinski definition) is 0. The van der Waals surface area contributed by atoms with E-state index in [2.05, 4.69) is 9.97 Å². The molecule has 6 heteroatoms. The number of ether oxygens (including phenoxy) is 2. The van der Waals surface area contributed by atoms with Crippen LogP contribution in [-0.2, 0) is 9.53 Å². The van der Waals surface area contributed by atoms with Crippen molar-refractivity contribution in [3.63, 3.8) is 0 Å². The molecule has 0 aromatic carbocycles. The predicted octanol–water partition coefficient (Wildman–Crippen LogP) is 1.80. The van der Waals surface area contributed by atoms with Crippen molar-refractivity contribution in [3.8, 4) is 5.88 Å². The van der Waals surface area contributed by atoms with Gasteiger partial charge in [0.2, 0.25) is 11.8 Å². The summed E-state index contributed by atoms with van der Waals surface area (Å²) in [5.41, 5.74) is 0. The quantitative estimate of drug-likeness (QED) is 0.740. The molecule has 6 nitrogen and oxygen atoms in total. The molecule has 1 aliphatic heterocycles. The lowest BCUT2D eigenvalue weighted by Crippen LogP contribution is -2.38. The molecule has 1 fully saturated rings. The number of nitrogens with zero attached hydrogens (tertiary/aromatic N) is 3. The lowest BCUT2D eigenvalue weighted by atomic mass is 10.2. The Hall–Kier alpha value is -1.85. The highest BCUT2D eigenvalue weighted by molar-refractivity contribution is 5.80. The molecule has 0 spiro atoms. The van der Waals surface area contributed by atoms with Gasteiger partial charge in [-0.05, 0) is 26.2 Å². The third-order valence-electron chi connectivity index (χ3n) is 3.14. The van der Waals surface area contributed by atoms with Crippen molar-refractivity contribution in [1.82, 2.24) is 9.97 Å². The number of anilines is 1. The number of aromatic nitrogens is 2. The van der Waals surface area contributed by atoms with Crippen LogP contribution in [0.4, 0.5) is 5.95 Å². The summed E-state index contributed by atoms with van der Waals surface area (Å²) in [6.45, 7) is 5.63. The van der Waals surface area contributed by atoms with Gasteiger partial charge < -0.3 is 14.4 Å². The zero-order chi connectivity index (χ0) is 14.4. The van der Waals surface area contributed by atoms with E-state index in [0.29, 0.717) is 25.0 Å². The van der Waals surface area contributed by atoms with Crippen LogP contribution < -0.4 is 9.64 Å². The molecule has 1 unspecified atom stereocenters. The highest BCUT2D eigenvalue weighted by Gasteiger charge is 2.33. The first-order chi connectivity index (χ1) is 9.76. The number of esters is 1. The number of rotatable bonds is 6. The molecular formula is C14H21N3O3. The fraction of sp³-hybridized carbons (Fsp3) is 0.643. The predicted molar refractivity (Wildman–Crippen MR) is 74.8 cm³/mol. The van der Waals surface area contributed by atoms with Crippen LogP contribution in [0.2, 0.25) is 0 Å². The Kier molecular flexibility index (Phi) is 5.15. The third kappa shape index (κ3) is 3.37. The normalized spacial score (nSPS) is 18.1. The zero-order valence-corrected chi connectivity index (χ0v) is 12.0. The van der Waals surface area contributed by atoms with Gasteiger partial charge in [-0.3, -0.25) is 0 Å². The Morgan fingerprint density at radius 2 is 2.35 bits per heavy atom. The second-order valence-corrected chi connectivity index (χ2v) is 4.65. The summed E-state index contributed by atoms with van der Waals surface area (Å²) in [5.74, 6) is 0.883. The molecule has 20 heavy (non-hydrogen) atoms. The lowest BCUT2D eigenvalue weighted by molar-refractivity contribution is -0.144. The first-order valence-electron chi connectivity index (χ1n) is 7.15. The van der Waals surface area contributed by atoms with E-state index < -0.39 is 0 Å². The first kappa shape index (κ1) is 14.6. The molecular weight excluding hydrogens is 258 g/mol. The fourth-order valence-electron chi connectivity index (χ4n) is 2.25. The van der Waals surface area contributed by atoms with Crippen LogP contribution in [0.1, 0.15) is 33.1 Å². The van der Waals surface area contributed by atoms with Gasteiger partial charge in [0.15, 0.2) is 0 Å². The van der Waals surface area contributed by atoms with E-state index in [4.69, 9.17) is 9.47 Å². The molecule has 1 aliphatic rings. The maximum Gasteiger partial charge on any atom is 0.328 e. The average Bonchev–Trinajstić information content (AvgIpc) is 2.95. The lowest BCUT2D eigenvalue weighted by Gasteiger charge is -2.23. The number of hydrogen-bond acceptors (Lipinski definition) is 6. The summed E-state index contributed by atoms with van der Waals surface area (Å²) in [6.07, 6.45) is 4.30. The van der Waals surface area contributed by atoms with E-state index in [9.17, 15) is 4.79 Å². The van der Waals surface area contributed by atoms with Crippen molar-refractivity contribution in [2.24, 2.45) is 0 Å². The van der Waals surface area contributed by atoms with Crippen LogP contribution in [-0.4, -0.2) is 41.7 Å². The Morgan fingerprint density at radius 3 is 3.10 bits per heavy atom. The molecule has 0 saturated carbocycles. The topological polar surface area (TPSA) is 64.5 Å². The second-order valence-electron chi connectivity index (χ2n) is 4.65. The minimum atomic E-state index is -0.281. The number of carbonyl (C=O) groups is 1. The van der Waals surface area contributed by atoms with Crippen molar-refractivity contribution in [2.75, 3.05) is 24.7 Å². The van der Waals surface area contributed by atoms with E-state index in [-0.39, 0.29) is 12.0 Å². The Morgan fingerprint density at radius 1 is 1.50 bits per heavy atom. The minimum absolute atomic E-state index is 0.200. The Balaban J connectivity index is 2.11. The van der Waals surface area contributed by atoms with Gasteiger partial charge in [-0.15, -0.1) is 0 Å². The van der Waals surface area contributed by atoms with Crippen LogP contribution in [0.25, 0.3) is 0 Å². The molecule has 1 aromatic heterocycles. The third-order valence-corrected chi connectivity index (χ3v) is 3.14. The van der Waals surface area contributed by atoms with Crippen LogP contribution in [0.15, 0.2) is 12.3 Å². The van der Waals surface area contributed by atoms with Crippen LogP contribution in [0.3, 0.4) is 0 Å².